The summed E-state index contributed by atoms with van der Waals surface area (Å²) < 4.78 is 12.7. The fourth-order valence-electron chi connectivity index (χ4n) is 3.39. The molecule has 2 aromatic heterocycles. The van der Waals surface area contributed by atoms with E-state index in [9.17, 15) is 4.79 Å². The average molecular weight is 449 g/mol. The lowest BCUT2D eigenvalue weighted by molar-refractivity contribution is -0.115. The Balaban J connectivity index is 1.66. The number of hydrogen-bond donors (Lipinski definition) is 1. The van der Waals surface area contributed by atoms with Crippen molar-refractivity contribution in [2.24, 2.45) is 7.05 Å². The number of nitrogens with zero attached hydrogens (tertiary/aromatic N) is 3. The maximum absolute atomic E-state index is 13.4. The van der Waals surface area contributed by atoms with Crippen LogP contribution in [0, 0.1) is 13.8 Å². The van der Waals surface area contributed by atoms with Crippen molar-refractivity contribution in [3.63, 3.8) is 0 Å². The van der Waals surface area contributed by atoms with Gasteiger partial charge < -0.3 is 19.0 Å². The molecule has 0 saturated carbocycles. The zero-order chi connectivity index (χ0) is 22.7. The normalized spacial score (nSPS) is 11.9. The molecule has 0 fully saturated rings. The van der Waals surface area contributed by atoms with Crippen molar-refractivity contribution in [3.8, 4) is 17.1 Å². The monoisotopic (exact) mass is 448 g/mol. The van der Waals surface area contributed by atoms with Gasteiger partial charge in [0.15, 0.2) is 11.0 Å². The van der Waals surface area contributed by atoms with E-state index in [0.29, 0.717) is 22.4 Å². The predicted molar refractivity (Wildman–Crippen MR) is 125 cm³/mol. The highest BCUT2D eigenvalue weighted by atomic mass is 32.2. The molecule has 0 radical (unpaired) electrons. The third-order valence-corrected chi connectivity index (χ3v) is 6.40. The molecule has 0 aliphatic carbocycles. The molecule has 164 valence electrons. The van der Waals surface area contributed by atoms with Crippen LogP contribution in [0.4, 0.5) is 5.69 Å². The summed E-state index contributed by atoms with van der Waals surface area (Å²) in [6, 6.07) is 17.2. The van der Waals surface area contributed by atoms with Crippen molar-refractivity contribution < 1.29 is 13.9 Å². The molecule has 4 aromatic rings. The number of ether oxygens (including phenoxy) is 1. The predicted octanol–water partition coefficient (Wildman–Crippen LogP) is 5.17. The first-order chi connectivity index (χ1) is 15.5. The molecular formula is C24H24N4O3S. The molecule has 0 aliphatic rings. The van der Waals surface area contributed by atoms with Crippen molar-refractivity contribution in [2.75, 3.05) is 12.4 Å². The van der Waals surface area contributed by atoms with Gasteiger partial charge in [-0.1, -0.05) is 48.2 Å². The molecule has 1 amide bonds. The molecule has 1 N–H and O–H groups in total. The molecule has 1 unspecified atom stereocenters. The van der Waals surface area contributed by atoms with Crippen LogP contribution in [-0.2, 0) is 11.8 Å². The summed E-state index contributed by atoms with van der Waals surface area (Å²) in [6.45, 7) is 3.85. The van der Waals surface area contributed by atoms with Crippen LogP contribution >= 0.6 is 11.8 Å². The number of benzene rings is 2. The van der Waals surface area contributed by atoms with Crippen molar-refractivity contribution >= 4 is 23.4 Å². The number of carbonyl (C=O) groups is 1. The summed E-state index contributed by atoms with van der Waals surface area (Å²) in [6.07, 6.45) is 1.63. The second kappa shape index (κ2) is 9.32. The van der Waals surface area contributed by atoms with Crippen LogP contribution < -0.4 is 10.1 Å². The maximum Gasteiger partial charge on any atom is 0.242 e. The van der Waals surface area contributed by atoms with E-state index in [1.54, 1.807) is 13.4 Å². The lowest BCUT2D eigenvalue weighted by atomic mass is 10.1. The quantitative estimate of drug-likeness (QED) is 0.393. The molecule has 4 rings (SSSR count). The molecule has 0 spiro atoms. The van der Waals surface area contributed by atoms with Gasteiger partial charge in [0.25, 0.3) is 0 Å². The highest BCUT2D eigenvalue weighted by molar-refractivity contribution is 8.00. The van der Waals surface area contributed by atoms with Crippen LogP contribution in [0.3, 0.4) is 0 Å². The van der Waals surface area contributed by atoms with Crippen molar-refractivity contribution in [2.45, 2.75) is 24.3 Å². The smallest absolute Gasteiger partial charge is 0.242 e. The van der Waals surface area contributed by atoms with Crippen LogP contribution in [0.25, 0.3) is 11.4 Å². The number of nitrogens with one attached hydrogen (secondary N) is 1. The average Bonchev–Trinajstić information content (AvgIpc) is 3.37. The fraction of sp³-hybridized carbons (Fsp3) is 0.208. The fourth-order valence-corrected chi connectivity index (χ4v) is 4.40. The Labute approximate surface area is 190 Å². The van der Waals surface area contributed by atoms with Gasteiger partial charge in [0.2, 0.25) is 5.91 Å². The van der Waals surface area contributed by atoms with Crippen molar-refractivity contribution in [3.05, 3.63) is 77.7 Å². The number of hydrogen-bond acceptors (Lipinski definition) is 6. The van der Waals surface area contributed by atoms with Gasteiger partial charge in [-0.2, -0.15) is 0 Å². The summed E-state index contributed by atoms with van der Waals surface area (Å²) in [5.41, 5.74) is 3.40. The van der Waals surface area contributed by atoms with E-state index >= 15 is 0 Å². The second-order valence-corrected chi connectivity index (χ2v) is 8.43. The van der Waals surface area contributed by atoms with E-state index in [0.717, 1.165) is 22.5 Å². The summed E-state index contributed by atoms with van der Waals surface area (Å²) in [5, 5.41) is 11.8. The summed E-state index contributed by atoms with van der Waals surface area (Å²) in [5.74, 6) is 1.89. The topological polar surface area (TPSA) is 82.2 Å². The number of thioether (sulfide) groups is 1. The van der Waals surface area contributed by atoms with Crippen molar-refractivity contribution in [1.29, 1.82) is 0 Å². The van der Waals surface area contributed by atoms with Gasteiger partial charge in [0, 0.05) is 7.05 Å². The second-order valence-electron chi connectivity index (χ2n) is 7.36. The summed E-state index contributed by atoms with van der Waals surface area (Å²) in [7, 11) is 3.47. The number of amides is 1. The SMILES string of the molecule is COc1ccc(C)cc1NC(=O)C(Sc1nnc(-c2ccoc2C)n1C)c1ccccc1. The Bertz CT molecular complexity index is 1230. The minimum atomic E-state index is -0.539. The zero-order valence-corrected chi connectivity index (χ0v) is 19.1. The number of furan rings is 1. The lowest BCUT2D eigenvalue weighted by Gasteiger charge is -2.18. The number of methoxy groups -OCH3 is 1. The molecule has 1 atom stereocenters. The minimum Gasteiger partial charge on any atom is -0.495 e. The van der Waals surface area contributed by atoms with Crippen LogP contribution in [0.5, 0.6) is 5.75 Å². The van der Waals surface area contributed by atoms with Gasteiger partial charge in [-0.3, -0.25) is 4.79 Å². The van der Waals surface area contributed by atoms with Gasteiger partial charge >= 0.3 is 0 Å². The largest absolute Gasteiger partial charge is 0.495 e. The molecule has 2 aromatic carbocycles. The Hall–Kier alpha value is -3.52. The van der Waals surface area contributed by atoms with E-state index < -0.39 is 5.25 Å². The Morgan fingerprint density at radius 3 is 2.59 bits per heavy atom. The van der Waals surface area contributed by atoms with E-state index in [4.69, 9.17) is 9.15 Å². The lowest BCUT2D eigenvalue weighted by Crippen LogP contribution is -2.20. The van der Waals surface area contributed by atoms with Crippen LogP contribution in [-0.4, -0.2) is 27.8 Å². The first kappa shape index (κ1) is 21.7. The molecule has 2 heterocycles. The molecule has 8 heteroatoms. The van der Waals surface area contributed by atoms with E-state index in [-0.39, 0.29) is 5.91 Å². The van der Waals surface area contributed by atoms with Gasteiger partial charge in [0.05, 0.1) is 24.6 Å². The number of carbonyl (C=O) groups excluding carboxylic acids is 1. The standard InChI is InChI=1S/C24H24N4O3S/c1-15-10-11-20(30-4)19(14-15)25-23(29)21(17-8-6-5-7-9-17)32-24-27-26-22(28(24)3)18-12-13-31-16(18)2/h5-14,21H,1-4H3,(H,25,29). The Kier molecular flexibility index (Phi) is 6.32. The van der Waals surface area contributed by atoms with E-state index in [1.165, 1.54) is 11.8 Å². The van der Waals surface area contributed by atoms with E-state index in [1.807, 2.05) is 80.1 Å². The molecular weight excluding hydrogens is 424 g/mol. The summed E-state index contributed by atoms with van der Waals surface area (Å²) >= 11 is 1.34. The van der Waals surface area contributed by atoms with Gasteiger partial charge in [-0.05, 0) is 43.2 Å². The molecule has 7 nitrogen and oxygen atoms in total. The third-order valence-electron chi connectivity index (χ3n) is 5.11. The summed E-state index contributed by atoms with van der Waals surface area (Å²) in [4.78, 5) is 13.4. The zero-order valence-electron chi connectivity index (χ0n) is 18.3. The Morgan fingerprint density at radius 2 is 1.91 bits per heavy atom. The minimum absolute atomic E-state index is 0.172. The number of aryl methyl sites for hydroxylation is 2. The number of rotatable bonds is 7. The molecule has 32 heavy (non-hydrogen) atoms. The molecule has 0 bridgehead atoms. The van der Waals surface area contributed by atoms with Crippen LogP contribution in [0.15, 0.2) is 70.4 Å². The maximum atomic E-state index is 13.4. The van der Waals surface area contributed by atoms with Crippen LogP contribution in [0.2, 0.25) is 0 Å². The first-order valence-electron chi connectivity index (χ1n) is 10.1. The highest BCUT2D eigenvalue weighted by Gasteiger charge is 2.26. The van der Waals surface area contributed by atoms with Crippen molar-refractivity contribution in [1.82, 2.24) is 14.8 Å². The highest BCUT2D eigenvalue weighted by Crippen LogP contribution is 2.37. The van der Waals surface area contributed by atoms with Gasteiger partial charge in [-0.15, -0.1) is 10.2 Å². The Morgan fingerprint density at radius 1 is 1.12 bits per heavy atom. The molecule has 0 aliphatic heterocycles. The number of anilines is 1. The molecule has 0 saturated heterocycles. The van der Waals surface area contributed by atoms with Gasteiger partial charge in [0.1, 0.15) is 16.8 Å². The number of aromatic nitrogens is 3. The third kappa shape index (κ3) is 4.40. The van der Waals surface area contributed by atoms with Crippen LogP contribution in [0.1, 0.15) is 22.1 Å². The van der Waals surface area contributed by atoms with Gasteiger partial charge in [-0.25, -0.2) is 0 Å². The van der Waals surface area contributed by atoms with E-state index in [2.05, 4.69) is 15.5 Å². The first-order valence-corrected chi connectivity index (χ1v) is 11.0.